The van der Waals surface area contributed by atoms with Gasteiger partial charge in [-0.2, -0.15) is 4.98 Å². The van der Waals surface area contributed by atoms with Gasteiger partial charge in [-0.3, -0.25) is 9.69 Å². The van der Waals surface area contributed by atoms with Crippen LogP contribution < -0.4 is 5.32 Å². The molecule has 1 aliphatic heterocycles. The minimum absolute atomic E-state index is 0.0508. The Labute approximate surface area is 148 Å². The standard InChI is InChI=1S/C19H26N4O2/c1-13-5-4-10-23(12-13)14(2)11-20-18(24)16-6-8-17(9-7-16)19-21-15(3)22-25-19/h6-9,13-14H,4-5,10-12H2,1-3H3,(H,20,24). The van der Waals surface area contributed by atoms with E-state index in [4.69, 9.17) is 4.52 Å². The van der Waals surface area contributed by atoms with Crippen LogP contribution in [0.3, 0.4) is 0 Å². The molecule has 134 valence electrons. The molecular formula is C19H26N4O2. The Balaban J connectivity index is 1.54. The number of carbonyl (C=O) groups is 1. The van der Waals surface area contributed by atoms with Crippen molar-refractivity contribution in [3.05, 3.63) is 35.7 Å². The predicted octanol–water partition coefficient (Wildman–Crippen LogP) is 2.90. The smallest absolute Gasteiger partial charge is 0.257 e. The number of rotatable bonds is 5. The largest absolute Gasteiger partial charge is 0.350 e. The molecule has 1 fully saturated rings. The van der Waals surface area contributed by atoms with Crippen LogP contribution >= 0.6 is 0 Å². The maximum atomic E-state index is 12.4. The van der Waals surface area contributed by atoms with Gasteiger partial charge in [-0.25, -0.2) is 0 Å². The van der Waals surface area contributed by atoms with E-state index in [0.29, 0.717) is 29.9 Å². The number of aromatic nitrogens is 2. The first-order valence-corrected chi connectivity index (χ1v) is 8.96. The molecule has 0 saturated carbocycles. The average molecular weight is 342 g/mol. The van der Waals surface area contributed by atoms with Crippen LogP contribution in [0.25, 0.3) is 11.5 Å². The number of aryl methyl sites for hydroxylation is 1. The number of benzene rings is 1. The predicted molar refractivity (Wildman–Crippen MR) is 96.2 cm³/mol. The zero-order chi connectivity index (χ0) is 17.8. The van der Waals surface area contributed by atoms with Crippen molar-refractivity contribution >= 4 is 5.91 Å². The molecule has 0 bridgehead atoms. The monoisotopic (exact) mass is 342 g/mol. The number of hydrogen-bond donors (Lipinski definition) is 1. The Bertz CT molecular complexity index is 710. The Morgan fingerprint density at radius 3 is 2.80 bits per heavy atom. The van der Waals surface area contributed by atoms with Gasteiger partial charge in [0.15, 0.2) is 5.82 Å². The van der Waals surface area contributed by atoms with Crippen molar-refractivity contribution in [2.75, 3.05) is 19.6 Å². The van der Waals surface area contributed by atoms with Gasteiger partial charge in [-0.15, -0.1) is 0 Å². The highest BCUT2D eigenvalue weighted by atomic mass is 16.5. The number of likely N-dealkylation sites (tertiary alicyclic amines) is 1. The van der Waals surface area contributed by atoms with Crippen molar-refractivity contribution in [2.24, 2.45) is 5.92 Å². The molecule has 0 radical (unpaired) electrons. The molecule has 3 rings (SSSR count). The summed E-state index contributed by atoms with van der Waals surface area (Å²) in [6.07, 6.45) is 2.55. The van der Waals surface area contributed by atoms with Gasteiger partial charge in [-0.05, 0) is 63.4 Å². The molecule has 1 aromatic carbocycles. The van der Waals surface area contributed by atoms with Gasteiger partial charge < -0.3 is 9.84 Å². The van der Waals surface area contributed by atoms with E-state index in [9.17, 15) is 4.79 Å². The zero-order valence-corrected chi connectivity index (χ0v) is 15.2. The van der Waals surface area contributed by atoms with Crippen LogP contribution in [-0.4, -0.2) is 46.6 Å². The molecule has 25 heavy (non-hydrogen) atoms. The molecule has 1 aromatic heterocycles. The molecule has 2 heterocycles. The van der Waals surface area contributed by atoms with Crippen LogP contribution in [0.5, 0.6) is 0 Å². The van der Waals surface area contributed by atoms with E-state index < -0.39 is 0 Å². The molecule has 6 heteroatoms. The molecule has 1 N–H and O–H groups in total. The van der Waals surface area contributed by atoms with Gasteiger partial charge in [0.2, 0.25) is 0 Å². The molecule has 6 nitrogen and oxygen atoms in total. The van der Waals surface area contributed by atoms with Crippen molar-refractivity contribution in [2.45, 2.75) is 39.7 Å². The van der Waals surface area contributed by atoms with Crippen molar-refractivity contribution in [3.63, 3.8) is 0 Å². The van der Waals surface area contributed by atoms with E-state index in [-0.39, 0.29) is 5.91 Å². The topological polar surface area (TPSA) is 71.3 Å². The number of piperidine rings is 1. The minimum atomic E-state index is -0.0508. The van der Waals surface area contributed by atoms with Crippen molar-refractivity contribution in [1.82, 2.24) is 20.4 Å². The molecule has 0 aliphatic carbocycles. The first kappa shape index (κ1) is 17.6. The van der Waals surface area contributed by atoms with E-state index >= 15 is 0 Å². The lowest BCUT2D eigenvalue weighted by Crippen LogP contribution is -2.46. The number of nitrogens with zero attached hydrogens (tertiary/aromatic N) is 3. The quantitative estimate of drug-likeness (QED) is 0.904. The zero-order valence-electron chi connectivity index (χ0n) is 15.2. The number of carbonyl (C=O) groups excluding carboxylic acids is 1. The highest BCUT2D eigenvalue weighted by molar-refractivity contribution is 5.94. The van der Waals surface area contributed by atoms with Gasteiger partial charge in [-0.1, -0.05) is 12.1 Å². The van der Waals surface area contributed by atoms with Gasteiger partial charge in [0.05, 0.1) is 0 Å². The Morgan fingerprint density at radius 1 is 1.40 bits per heavy atom. The van der Waals surface area contributed by atoms with Gasteiger partial charge in [0, 0.05) is 30.3 Å². The lowest BCUT2D eigenvalue weighted by Gasteiger charge is -2.35. The third-order valence-electron chi connectivity index (χ3n) is 4.79. The summed E-state index contributed by atoms with van der Waals surface area (Å²) < 4.78 is 5.14. The van der Waals surface area contributed by atoms with E-state index in [1.54, 1.807) is 19.1 Å². The maximum Gasteiger partial charge on any atom is 0.257 e. The molecule has 2 unspecified atom stereocenters. The SMILES string of the molecule is Cc1noc(-c2ccc(C(=O)NCC(C)N3CCCC(C)C3)cc2)n1. The fourth-order valence-electron chi connectivity index (χ4n) is 3.28. The second-order valence-electron chi connectivity index (χ2n) is 7.03. The summed E-state index contributed by atoms with van der Waals surface area (Å²) in [6, 6.07) is 7.59. The molecule has 1 aliphatic rings. The molecule has 2 aromatic rings. The molecular weight excluding hydrogens is 316 g/mol. The van der Waals surface area contributed by atoms with Crippen LogP contribution in [0.2, 0.25) is 0 Å². The first-order valence-electron chi connectivity index (χ1n) is 8.96. The Morgan fingerprint density at radius 2 is 2.16 bits per heavy atom. The summed E-state index contributed by atoms with van der Waals surface area (Å²) in [5.41, 5.74) is 1.45. The van der Waals surface area contributed by atoms with Crippen LogP contribution in [0, 0.1) is 12.8 Å². The van der Waals surface area contributed by atoms with Crippen LogP contribution in [-0.2, 0) is 0 Å². The lowest BCUT2D eigenvalue weighted by molar-refractivity contribution is 0.0917. The summed E-state index contributed by atoms with van der Waals surface area (Å²) >= 11 is 0. The second-order valence-corrected chi connectivity index (χ2v) is 7.03. The molecule has 0 spiro atoms. The van der Waals surface area contributed by atoms with E-state index in [0.717, 1.165) is 24.6 Å². The van der Waals surface area contributed by atoms with Gasteiger partial charge in [0.1, 0.15) is 0 Å². The lowest BCUT2D eigenvalue weighted by atomic mass is 9.99. The van der Waals surface area contributed by atoms with Crippen molar-refractivity contribution in [1.29, 1.82) is 0 Å². The maximum absolute atomic E-state index is 12.4. The van der Waals surface area contributed by atoms with Gasteiger partial charge >= 0.3 is 0 Å². The highest BCUT2D eigenvalue weighted by Crippen LogP contribution is 2.18. The summed E-state index contributed by atoms with van der Waals surface area (Å²) in [7, 11) is 0. The number of hydrogen-bond acceptors (Lipinski definition) is 5. The number of amides is 1. The summed E-state index contributed by atoms with van der Waals surface area (Å²) in [5, 5.41) is 6.82. The fourth-order valence-corrected chi connectivity index (χ4v) is 3.28. The third-order valence-corrected chi connectivity index (χ3v) is 4.79. The van der Waals surface area contributed by atoms with Crippen LogP contribution in [0.4, 0.5) is 0 Å². The first-order chi connectivity index (χ1) is 12.0. The van der Waals surface area contributed by atoms with E-state index in [1.807, 2.05) is 12.1 Å². The minimum Gasteiger partial charge on any atom is -0.350 e. The Kier molecular flexibility index (Phi) is 5.48. The number of nitrogens with one attached hydrogen (secondary N) is 1. The summed E-state index contributed by atoms with van der Waals surface area (Å²) in [5.74, 6) is 1.76. The van der Waals surface area contributed by atoms with E-state index in [2.05, 4.69) is 34.2 Å². The summed E-state index contributed by atoms with van der Waals surface area (Å²) in [6.45, 7) is 9.16. The Hall–Kier alpha value is -2.21. The van der Waals surface area contributed by atoms with Gasteiger partial charge in [0.25, 0.3) is 11.8 Å². The van der Waals surface area contributed by atoms with Crippen molar-refractivity contribution < 1.29 is 9.32 Å². The average Bonchev–Trinajstić information content (AvgIpc) is 3.06. The van der Waals surface area contributed by atoms with Crippen LogP contribution in [0.15, 0.2) is 28.8 Å². The van der Waals surface area contributed by atoms with Crippen molar-refractivity contribution in [3.8, 4) is 11.5 Å². The fraction of sp³-hybridized carbons (Fsp3) is 0.526. The van der Waals surface area contributed by atoms with Crippen LogP contribution in [0.1, 0.15) is 42.9 Å². The second kappa shape index (κ2) is 7.78. The molecule has 1 saturated heterocycles. The third kappa shape index (κ3) is 4.45. The molecule has 2 atom stereocenters. The summed E-state index contributed by atoms with van der Waals surface area (Å²) in [4.78, 5) is 19.0. The molecule has 1 amide bonds. The normalized spacial score (nSPS) is 19.6. The highest BCUT2D eigenvalue weighted by Gasteiger charge is 2.21. The van der Waals surface area contributed by atoms with E-state index in [1.165, 1.54) is 12.8 Å².